The maximum absolute atomic E-state index is 13.3. The lowest BCUT2D eigenvalue weighted by Crippen LogP contribution is -2.47. The molecule has 2 saturated heterocycles. The van der Waals surface area contributed by atoms with Gasteiger partial charge >= 0.3 is 5.97 Å². The summed E-state index contributed by atoms with van der Waals surface area (Å²) in [5.74, 6) is 1.35. The summed E-state index contributed by atoms with van der Waals surface area (Å²) < 4.78 is 32.9. The van der Waals surface area contributed by atoms with E-state index in [4.69, 9.17) is 0 Å². The van der Waals surface area contributed by atoms with Crippen LogP contribution in [-0.2, 0) is 14.8 Å². The summed E-state index contributed by atoms with van der Waals surface area (Å²) in [7, 11) is -2.27. The first-order valence-corrected chi connectivity index (χ1v) is 11.6. The third-order valence-electron chi connectivity index (χ3n) is 4.93. The normalized spacial score (nSPS) is 22.9. The van der Waals surface area contributed by atoms with Crippen molar-refractivity contribution in [1.82, 2.24) is 9.21 Å². The van der Waals surface area contributed by atoms with Gasteiger partial charge in [0, 0.05) is 24.9 Å². The van der Waals surface area contributed by atoms with E-state index in [2.05, 4.69) is 9.64 Å². The van der Waals surface area contributed by atoms with Crippen molar-refractivity contribution in [3.63, 3.8) is 0 Å². The number of rotatable bonds is 5. The van der Waals surface area contributed by atoms with Crippen molar-refractivity contribution in [2.75, 3.05) is 44.8 Å². The zero-order valence-electron chi connectivity index (χ0n) is 15.1. The van der Waals surface area contributed by atoms with Crippen molar-refractivity contribution >= 4 is 27.8 Å². The van der Waals surface area contributed by atoms with E-state index in [1.54, 1.807) is 4.31 Å². The van der Waals surface area contributed by atoms with Gasteiger partial charge < -0.3 is 9.64 Å². The third kappa shape index (κ3) is 4.42. The van der Waals surface area contributed by atoms with Crippen LogP contribution in [0.1, 0.15) is 29.6 Å². The monoisotopic (exact) mass is 398 g/mol. The lowest BCUT2D eigenvalue weighted by Gasteiger charge is -2.31. The number of carbonyl (C=O) groups is 1. The van der Waals surface area contributed by atoms with Gasteiger partial charge in [0.05, 0.1) is 17.6 Å². The highest BCUT2D eigenvalue weighted by molar-refractivity contribution is 7.99. The Balaban J connectivity index is 1.82. The van der Waals surface area contributed by atoms with Crippen molar-refractivity contribution in [2.45, 2.75) is 30.2 Å². The van der Waals surface area contributed by atoms with E-state index in [-0.39, 0.29) is 10.9 Å². The molecule has 0 N–H and O–H groups in total. The minimum atomic E-state index is -3.58. The van der Waals surface area contributed by atoms with Crippen LogP contribution in [0, 0.1) is 0 Å². The number of ether oxygens (including phenoxy) is 1. The van der Waals surface area contributed by atoms with Crippen molar-refractivity contribution in [3.05, 3.63) is 29.8 Å². The molecule has 2 heterocycles. The second-order valence-electron chi connectivity index (χ2n) is 6.72. The zero-order valence-corrected chi connectivity index (χ0v) is 16.7. The summed E-state index contributed by atoms with van der Waals surface area (Å²) in [6, 6.07) is 6.03. The molecule has 3 rings (SSSR count). The lowest BCUT2D eigenvalue weighted by molar-refractivity contribution is 0.0600. The van der Waals surface area contributed by atoms with Crippen LogP contribution in [-0.4, -0.2) is 74.4 Å². The van der Waals surface area contributed by atoms with Crippen LogP contribution in [0.2, 0.25) is 0 Å². The van der Waals surface area contributed by atoms with Crippen LogP contribution in [0.4, 0.5) is 0 Å². The number of esters is 1. The third-order valence-corrected chi connectivity index (χ3v) is 8.10. The molecular weight excluding hydrogens is 372 g/mol. The van der Waals surface area contributed by atoms with Gasteiger partial charge in [-0.2, -0.15) is 16.1 Å². The molecule has 0 bridgehead atoms. The van der Waals surface area contributed by atoms with Crippen LogP contribution in [0.15, 0.2) is 29.2 Å². The first kappa shape index (κ1) is 19.7. The highest BCUT2D eigenvalue weighted by Gasteiger charge is 2.34. The molecule has 0 radical (unpaired) electrons. The Morgan fingerprint density at radius 3 is 2.50 bits per heavy atom. The van der Waals surface area contributed by atoms with E-state index in [0.29, 0.717) is 12.1 Å². The van der Waals surface area contributed by atoms with Gasteiger partial charge in [0.2, 0.25) is 10.0 Å². The molecule has 1 aromatic rings. The number of benzene rings is 1. The summed E-state index contributed by atoms with van der Waals surface area (Å²) in [6.45, 7) is 3.46. The van der Waals surface area contributed by atoms with E-state index in [1.807, 2.05) is 11.8 Å². The predicted molar refractivity (Wildman–Crippen MR) is 103 cm³/mol. The molecule has 0 amide bonds. The Labute approximate surface area is 159 Å². The molecule has 2 fully saturated rings. The number of nitrogens with zero attached hydrogens (tertiary/aromatic N) is 2. The largest absolute Gasteiger partial charge is 0.465 e. The van der Waals surface area contributed by atoms with Gasteiger partial charge in [-0.25, -0.2) is 13.2 Å². The number of sulfonamides is 1. The highest BCUT2D eigenvalue weighted by Crippen LogP contribution is 2.26. The fourth-order valence-electron chi connectivity index (χ4n) is 3.55. The molecule has 144 valence electrons. The van der Waals surface area contributed by atoms with Crippen molar-refractivity contribution in [3.8, 4) is 0 Å². The molecule has 6 nitrogen and oxygen atoms in total. The number of methoxy groups -OCH3 is 1. The number of thioether (sulfide) groups is 1. The van der Waals surface area contributed by atoms with E-state index in [9.17, 15) is 13.2 Å². The topological polar surface area (TPSA) is 66.9 Å². The Hall–Kier alpha value is -1.09. The molecule has 26 heavy (non-hydrogen) atoms. The number of hydrogen-bond acceptors (Lipinski definition) is 6. The number of hydrogen-bond donors (Lipinski definition) is 0. The molecule has 0 spiro atoms. The molecule has 8 heteroatoms. The summed E-state index contributed by atoms with van der Waals surface area (Å²) in [5, 5.41) is 0. The SMILES string of the molecule is COC(=O)c1ccc(S(=O)(=O)N2CCCSC[C@@H]2CN2CCCC2)cc1. The van der Waals surface area contributed by atoms with Gasteiger partial charge in [0.1, 0.15) is 0 Å². The van der Waals surface area contributed by atoms with Crippen molar-refractivity contribution in [2.24, 2.45) is 0 Å². The Bertz CT molecular complexity index is 715. The average molecular weight is 399 g/mol. The molecule has 0 aliphatic carbocycles. The molecule has 2 aliphatic heterocycles. The fourth-order valence-corrected chi connectivity index (χ4v) is 6.35. The average Bonchev–Trinajstić information content (AvgIpc) is 3.05. The first-order chi connectivity index (χ1) is 12.5. The standard InChI is InChI=1S/C18H26N2O4S2/c1-24-18(21)15-5-7-17(8-6-15)26(22,23)20-11-4-12-25-14-16(20)13-19-9-2-3-10-19/h5-8,16H,2-4,9-14H2,1H3/t16-/m0/s1. The second-order valence-corrected chi connectivity index (χ2v) is 9.76. The Kier molecular flexibility index (Phi) is 6.60. The summed E-state index contributed by atoms with van der Waals surface area (Å²) >= 11 is 1.84. The Morgan fingerprint density at radius 2 is 1.85 bits per heavy atom. The van der Waals surface area contributed by atoms with E-state index in [0.717, 1.165) is 37.6 Å². The maximum atomic E-state index is 13.3. The van der Waals surface area contributed by atoms with Crippen LogP contribution in [0.5, 0.6) is 0 Å². The molecule has 1 aromatic carbocycles. The molecule has 0 aromatic heterocycles. The van der Waals surface area contributed by atoms with E-state index >= 15 is 0 Å². The zero-order chi connectivity index (χ0) is 18.6. The second kappa shape index (κ2) is 8.73. The van der Waals surface area contributed by atoms with Crippen molar-refractivity contribution in [1.29, 1.82) is 0 Å². The molecular formula is C18H26N2O4S2. The molecule has 2 aliphatic rings. The van der Waals surface area contributed by atoms with E-state index in [1.165, 1.54) is 44.2 Å². The first-order valence-electron chi connectivity index (χ1n) is 9.02. The van der Waals surface area contributed by atoms with Gasteiger partial charge in [-0.1, -0.05) is 0 Å². The van der Waals surface area contributed by atoms with Gasteiger partial charge in [-0.3, -0.25) is 0 Å². The van der Waals surface area contributed by atoms with E-state index < -0.39 is 16.0 Å². The minimum absolute atomic E-state index is 0.00844. The summed E-state index contributed by atoms with van der Waals surface area (Å²) in [6.07, 6.45) is 3.25. The summed E-state index contributed by atoms with van der Waals surface area (Å²) in [5.41, 5.74) is 0.353. The lowest BCUT2D eigenvalue weighted by atomic mass is 10.2. The number of carbonyl (C=O) groups excluding carboxylic acids is 1. The van der Waals surface area contributed by atoms with Gasteiger partial charge in [0.15, 0.2) is 0 Å². The highest BCUT2D eigenvalue weighted by atomic mass is 32.2. The molecule has 1 atom stereocenters. The van der Waals surface area contributed by atoms with Crippen LogP contribution >= 0.6 is 11.8 Å². The summed E-state index contributed by atoms with van der Waals surface area (Å²) in [4.78, 5) is 14.2. The number of likely N-dealkylation sites (tertiary alicyclic amines) is 1. The van der Waals surface area contributed by atoms with Gasteiger partial charge in [0.25, 0.3) is 0 Å². The smallest absolute Gasteiger partial charge is 0.337 e. The predicted octanol–water partition coefficient (Wildman–Crippen LogP) is 2.07. The molecule has 0 unspecified atom stereocenters. The van der Waals surface area contributed by atoms with Crippen molar-refractivity contribution < 1.29 is 17.9 Å². The van der Waals surface area contributed by atoms with Gasteiger partial charge in [-0.15, -0.1) is 0 Å². The maximum Gasteiger partial charge on any atom is 0.337 e. The minimum Gasteiger partial charge on any atom is -0.465 e. The quantitative estimate of drug-likeness (QED) is 0.708. The van der Waals surface area contributed by atoms with Crippen LogP contribution in [0.25, 0.3) is 0 Å². The van der Waals surface area contributed by atoms with Crippen LogP contribution < -0.4 is 0 Å². The van der Waals surface area contributed by atoms with Crippen LogP contribution in [0.3, 0.4) is 0 Å². The van der Waals surface area contributed by atoms with Gasteiger partial charge in [-0.05, 0) is 62.4 Å². The Morgan fingerprint density at radius 1 is 1.15 bits per heavy atom. The molecule has 0 saturated carbocycles. The fraction of sp³-hybridized carbons (Fsp3) is 0.611.